The molecule has 1 aromatic rings. The van der Waals surface area contributed by atoms with Gasteiger partial charge in [-0.2, -0.15) is 0 Å². The SMILES string of the molecule is Cc1nc(C2CCN(C(=O)C3CCC3)CC2)cc(=O)[nH]1. The number of nitrogens with one attached hydrogen (secondary N) is 1. The van der Waals surface area contributed by atoms with Gasteiger partial charge in [-0.25, -0.2) is 4.98 Å². The van der Waals surface area contributed by atoms with Gasteiger partial charge in [0, 0.05) is 31.0 Å². The Morgan fingerprint density at radius 1 is 1.30 bits per heavy atom. The van der Waals surface area contributed by atoms with Crippen LogP contribution in [-0.2, 0) is 4.79 Å². The Balaban J connectivity index is 1.63. The van der Waals surface area contributed by atoms with Crippen LogP contribution in [0.3, 0.4) is 0 Å². The highest BCUT2D eigenvalue weighted by molar-refractivity contribution is 5.79. The lowest BCUT2D eigenvalue weighted by Gasteiger charge is -2.36. The normalized spacial score (nSPS) is 20.8. The summed E-state index contributed by atoms with van der Waals surface area (Å²) in [7, 11) is 0. The zero-order valence-corrected chi connectivity index (χ0v) is 11.9. The van der Waals surface area contributed by atoms with E-state index in [9.17, 15) is 9.59 Å². The molecular formula is C15H21N3O2. The highest BCUT2D eigenvalue weighted by Gasteiger charge is 2.32. The zero-order chi connectivity index (χ0) is 14.1. The number of carbonyl (C=O) groups excluding carboxylic acids is 1. The summed E-state index contributed by atoms with van der Waals surface area (Å²) in [4.78, 5) is 32.8. The summed E-state index contributed by atoms with van der Waals surface area (Å²) >= 11 is 0. The van der Waals surface area contributed by atoms with Gasteiger partial charge in [-0.1, -0.05) is 6.42 Å². The van der Waals surface area contributed by atoms with Crippen molar-refractivity contribution in [1.82, 2.24) is 14.9 Å². The van der Waals surface area contributed by atoms with Crippen LogP contribution in [0.25, 0.3) is 0 Å². The van der Waals surface area contributed by atoms with Crippen LogP contribution < -0.4 is 5.56 Å². The first-order chi connectivity index (χ1) is 9.63. The molecule has 0 atom stereocenters. The van der Waals surface area contributed by atoms with Gasteiger partial charge in [0.1, 0.15) is 5.82 Å². The third kappa shape index (κ3) is 2.62. The maximum atomic E-state index is 12.2. The zero-order valence-electron chi connectivity index (χ0n) is 11.9. The molecule has 2 heterocycles. The summed E-state index contributed by atoms with van der Waals surface area (Å²) in [6.45, 7) is 3.40. The van der Waals surface area contributed by atoms with Crippen LogP contribution in [0.2, 0.25) is 0 Å². The second-order valence-electron chi connectivity index (χ2n) is 5.98. The van der Waals surface area contributed by atoms with Gasteiger partial charge in [0.05, 0.1) is 5.69 Å². The molecule has 0 spiro atoms. The number of aromatic nitrogens is 2. The van der Waals surface area contributed by atoms with Crippen molar-refractivity contribution in [3.05, 3.63) is 27.9 Å². The molecule has 20 heavy (non-hydrogen) atoms. The van der Waals surface area contributed by atoms with Crippen molar-refractivity contribution in [1.29, 1.82) is 0 Å². The van der Waals surface area contributed by atoms with Gasteiger partial charge in [0.25, 0.3) is 5.56 Å². The van der Waals surface area contributed by atoms with Crippen molar-refractivity contribution in [2.24, 2.45) is 5.92 Å². The fourth-order valence-corrected chi connectivity index (χ4v) is 3.12. The van der Waals surface area contributed by atoms with E-state index in [0.717, 1.165) is 44.5 Å². The van der Waals surface area contributed by atoms with Crippen LogP contribution in [0.15, 0.2) is 10.9 Å². The number of amides is 1. The number of rotatable bonds is 2. The van der Waals surface area contributed by atoms with Crippen LogP contribution >= 0.6 is 0 Å². The van der Waals surface area contributed by atoms with Crippen molar-refractivity contribution >= 4 is 5.91 Å². The Kier molecular flexibility index (Phi) is 3.59. The van der Waals surface area contributed by atoms with Gasteiger partial charge in [0.15, 0.2) is 0 Å². The van der Waals surface area contributed by atoms with Gasteiger partial charge in [-0.05, 0) is 32.6 Å². The second-order valence-corrected chi connectivity index (χ2v) is 5.98. The van der Waals surface area contributed by atoms with Crippen LogP contribution in [0.4, 0.5) is 0 Å². The fraction of sp³-hybridized carbons (Fsp3) is 0.667. The molecule has 1 aromatic heterocycles. The summed E-state index contributed by atoms with van der Waals surface area (Å²) in [5.74, 6) is 1.60. The molecule has 5 nitrogen and oxygen atoms in total. The highest BCUT2D eigenvalue weighted by Crippen LogP contribution is 2.31. The van der Waals surface area contributed by atoms with Crippen LogP contribution in [0.5, 0.6) is 0 Å². The van der Waals surface area contributed by atoms with Gasteiger partial charge in [-0.3, -0.25) is 9.59 Å². The average Bonchev–Trinajstić information content (AvgIpc) is 2.35. The minimum Gasteiger partial charge on any atom is -0.342 e. The molecular weight excluding hydrogens is 254 g/mol. The summed E-state index contributed by atoms with van der Waals surface area (Å²) in [5.41, 5.74) is 0.794. The molecule has 1 N–H and O–H groups in total. The molecule has 1 amide bonds. The highest BCUT2D eigenvalue weighted by atomic mass is 16.2. The number of nitrogens with zero attached hydrogens (tertiary/aromatic N) is 2. The third-order valence-electron chi connectivity index (χ3n) is 4.56. The molecule has 0 radical (unpaired) electrons. The van der Waals surface area contributed by atoms with E-state index in [1.807, 2.05) is 4.90 Å². The first kappa shape index (κ1) is 13.3. The van der Waals surface area contributed by atoms with E-state index in [2.05, 4.69) is 9.97 Å². The molecule has 108 valence electrons. The Morgan fingerprint density at radius 2 is 2.00 bits per heavy atom. The molecule has 0 aromatic carbocycles. The number of likely N-dealkylation sites (tertiary alicyclic amines) is 1. The number of piperidine rings is 1. The maximum Gasteiger partial charge on any atom is 0.251 e. The van der Waals surface area contributed by atoms with Crippen molar-refractivity contribution in [3.63, 3.8) is 0 Å². The van der Waals surface area contributed by atoms with Crippen molar-refractivity contribution in [2.75, 3.05) is 13.1 Å². The number of H-pyrrole nitrogens is 1. The Bertz CT molecular complexity index is 554. The van der Waals surface area contributed by atoms with Gasteiger partial charge in [0.2, 0.25) is 5.91 Å². The number of aromatic amines is 1. The first-order valence-corrected chi connectivity index (χ1v) is 7.50. The fourth-order valence-electron chi connectivity index (χ4n) is 3.12. The van der Waals surface area contributed by atoms with Gasteiger partial charge < -0.3 is 9.88 Å². The Morgan fingerprint density at radius 3 is 2.55 bits per heavy atom. The summed E-state index contributed by atoms with van der Waals surface area (Å²) in [5, 5.41) is 0. The molecule has 2 aliphatic rings. The predicted octanol–water partition coefficient (Wildman–Crippen LogP) is 1.58. The van der Waals surface area contributed by atoms with Crippen molar-refractivity contribution in [3.8, 4) is 0 Å². The topological polar surface area (TPSA) is 66.1 Å². The largest absolute Gasteiger partial charge is 0.342 e. The molecule has 1 aliphatic carbocycles. The summed E-state index contributed by atoms with van der Waals surface area (Å²) in [6, 6.07) is 1.60. The van der Waals surface area contributed by atoms with E-state index in [0.29, 0.717) is 17.6 Å². The summed E-state index contributed by atoms with van der Waals surface area (Å²) in [6.07, 6.45) is 5.15. The number of hydrogen-bond acceptors (Lipinski definition) is 3. The lowest BCUT2D eigenvalue weighted by atomic mass is 9.83. The van der Waals surface area contributed by atoms with E-state index in [1.165, 1.54) is 6.42 Å². The van der Waals surface area contributed by atoms with Crippen LogP contribution in [0.1, 0.15) is 49.5 Å². The number of hydrogen-bond donors (Lipinski definition) is 1. The van der Waals surface area contributed by atoms with Gasteiger partial charge in [-0.15, -0.1) is 0 Å². The molecule has 0 bridgehead atoms. The smallest absolute Gasteiger partial charge is 0.251 e. The third-order valence-corrected chi connectivity index (χ3v) is 4.56. The minimum absolute atomic E-state index is 0.0829. The molecule has 1 saturated carbocycles. The average molecular weight is 275 g/mol. The predicted molar refractivity (Wildman–Crippen MR) is 75.5 cm³/mol. The molecule has 1 aliphatic heterocycles. The van der Waals surface area contributed by atoms with Crippen LogP contribution in [-0.4, -0.2) is 33.9 Å². The molecule has 0 unspecified atom stereocenters. The molecule has 2 fully saturated rings. The monoisotopic (exact) mass is 275 g/mol. The standard InChI is InChI=1S/C15H21N3O2/c1-10-16-13(9-14(19)17-10)11-5-7-18(8-6-11)15(20)12-3-2-4-12/h9,11-12H,2-8H2,1H3,(H,16,17,19). The second kappa shape index (κ2) is 5.38. The lowest BCUT2D eigenvalue weighted by Crippen LogP contribution is -2.43. The lowest BCUT2D eigenvalue weighted by molar-refractivity contribution is -0.139. The quantitative estimate of drug-likeness (QED) is 0.891. The Labute approximate surface area is 118 Å². The first-order valence-electron chi connectivity index (χ1n) is 7.50. The van der Waals surface area contributed by atoms with Crippen LogP contribution in [0, 0.1) is 12.8 Å². The van der Waals surface area contributed by atoms with E-state index in [4.69, 9.17) is 0 Å². The van der Waals surface area contributed by atoms with E-state index in [1.54, 1.807) is 13.0 Å². The van der Waals surface area contributed by atoms with Crippen molar-refractivity contribution in [2.45, 2.75) is 44.9 Å². The number of carbonyl (C=O) groups is 1. The van der Waals surface area contributed by atoms with Gasteiger partial charge >= 0.3 is 0 Å². The summed E-state index contributed by atoms with van der Waals surface area (Å²) < 4.78 is 0. The van der Waals surface area contributed by atoms with E-state index < -0.39 is 0 Å². The molecule has 1 saturated heterocycles. The molecule has 5 heteroatoms. The van der Waals surface area contributed by atoms with Crippen molar-refractivity contribution < 1.29 is 4.79 Å². The molecule has 3 rings (SSSR count). The number of aryl methyl sites for hydroxylation is 1. The minimum atomic E-state index is -0.0829. The van der Waals surface area contributed by atoms with E-state index >= 15 is 0 Å². The van der Waals surface area contributed by atoms with E-state index in [-0.39, 0.29) is 11.5 Å². The maximum absolute atomic E-state index is 12.2. The Hall–Kier alpha value is -1.65.